The van der Waals surface area contributed by atoms with Crippen LogP contribution in [0.4, 0.5) is 5.69 Å². The average molecular weight is 257 g/mol. The second-order valence-corrected chi connectivity index (χ2v) is 5.20. The highest BCUT2D eigenvalue weighted by atomic mass is 16.5. The summed E-state index contributed by atoms with van der Waals surface area (Å²) in [5.74, 6) is 1.26. The van der Waals surface area contributed by atoms with Gasteiger partial charge in [0.2, 0.25) is 11.7 Å². The van der Waals surface area contributed by atoms with Gasteiger partial charge in [-0.05, 0) is 25.0 Å². The summed E-state index contributed by atoms with van der Waals surface area (Å²) in [6.07, 6.45) is 6.58. The molecule has 2 aromatic rings. The average Bonchev–Trinajstić information content (AvgIpc) is 2.87. The van der Waals surface area contributed by atoms with E-state index in [-0.39, 0.29) is 0 Å². The Balaban J connectivity index is 1.75. The number of hydrogen-bond donors (Lipinski definition) is 1. The van der Waals surface area contributed by atoms with Gasteiger partial charge in [-0.2, -0.15) is 4.98 Å². The summed E-state index contributed by atoms with van der Waals surface area (Å²) < 4.78 is 5.03. The number of nitrogens with one attached hydrogen (secondary N) is 1. The van der Waals surface area contributed by atoms with Crippen molar-refractivity contribution in [3.05, 3.63) is 30.2 Å². The van der Waals surface area contributed by atoms with Gasteiger partial charge in [-0.25, -0.2) is 0 Å². The molecule has 100 valence electrons. The Kier molecular flexibility index (Phi) is 3.49. The minimum Gasteiger partial charge on any atom is -0.382 e. The van der Waals surface area contributed by atoms with Crippen LogP contribution in [0.5, 0.6) is 0 Å². The summed E-state index contributed by atoms with van der Waals surface area (Å²) in [4.78, 5) is 4.26. The fourth-order valence-corrected chi connectivity index (χ4v) is 2.65. The van der Waals surface area contributed by atoms with Crippen LogP contribution in [0.25, 0.3) is 11.4 Å². The highest BCUT2D eigenvalue weighted by Gasteiger charge is 2.13. The van der Waals surface area contributed by atoms with Crippen molar-refractivity contribution in [3.8, 4) is 11.4 Å². The van der Waals surface area contributed by atoms with Gasteiger partial charge in [0.15, 0.2) is 0 Å². The number of rotatable bonds is 3. The second-order valence-electron chi connectivity index (χ2n) is 5.20. The molecule has 19 heavy (non-hydrogen) atoms. The fraction of sp³-hybridized carbons (Fsp3) is 0.467. The summed E-state index contributed by atoms with van der Waals surface area (Å²) >= 11 is 0. The minimum atomic E-state index is 0.598. The van der Waals surface area contributed by atoms with E-state index in [9.17, 15) is 0 Å². The molecule has 0 saturated heterocycles. The van der Waals surface area contributed by atoms with Gasteiger partial charge in [-0.15, -0.1) is 0 Å². The van der Waals surface area contributed by atoms with Crippen molar-refractivity contribution < 1.29 is 4.52 Å². The smallest absolute Gasteiger partial charge is 0.223 e. The largest absolute Gasteiger partial charge is 0.382 e. The van der Waals surface area contributed by atoms with Gasteiger partial charge in [0, 0.05) is 24.2 Å². The second kappa shape index (κ2) is 5.43. The molecule has 0 spiro atoms. The Morgan fingerprint density at radius 2 is 2.05 bits per heavy atom. The van der Waals surface area contributed by atoms with Crippen LogP contribution in [-0.4, -0.2) is 16.2 Å². The molecule has 3 rings (SSSR count). The molecule has 0 unspecified atom stereocenters. The van der Waals surface area contributed by atoms with E-state index in [1.807, 2.05) is 12.1 Å². The number of hydrogen-bond acceptors (Lipinski definition) is 4. The molecule has 0 aliphatic heterocycles. The van der Waals surface area contributed by atoms with Gasteiger partial charge in [0.1, 0.15) is 0 Å². The first-order valence-corrected chi connectivity index (χ1v) is 6.98. The zero-order valence-corrected chi connectivity index (χ0v) is 11.2. The van der Waals surface area contributed by atoms with Crippen molar-refractivity contribution in [1.29, 1.82) is 0 Å². The fourth-order valence-electron chi connectivity index (χ4n) is 2.65. The molecule has 0 bridgehead atoms. The zero-order valence-electron chi connectivity index (χ0n) is 11.2. The monoisotopic (exact) mass is 257 g/mol. The van der Waals surface area contributed by atoms with E-state index in [0.29, 0.717) is 17.8 Å². The van der Waals surface area contributed by atoms with Crippen molar-refractivity contribution in [2.24, 2.45) is 0 Å². The summed E-state index contributed by atoms with van der Waals surface area (Å²) in [5, 5.41) is 7.57. The molecule has 1 saturated carbocycles. The highest BCUT2D eigenvalue weighted by molar-refractivity contribution is 5.62. The summed E-state index contributed by atoms with van der Waals surface area (Å²) in [5.41, 5.74) is 2.14. The normalized spacial score (nSPS) is 16.5. The standard InChI is InChI=1S/C15H19N3O/c1-11-16-15(18-19-11)12-6-5-9-14(10-12)17-13-7-3-2-4-8-13/h5-6,9-10,13,17H,2-4,7-8H2,1H3. The minimum absolute atomic E-state index is 0.598. The Hall–Kier alpha value is -1.84. The van der Waals surface area contributed by atoms with Crippen molar-refractivity contribution >= 4 is 5.69 Å². The quantitative estimate of drug-likeness (QED) is 0.908. The van der Waals surface area contributed by atoms with Gasteiger partial charge >= 0.3 is 0 Å². The maximum Gasteiger partial charge on any atom is 0.223 e. The Morgan fingerprint density at radius 3 is 2.79 bits per heavy atom. The molecule has 1 fully saturated rings. The molecule has 4 heteroatoms. The van der Waals surface area contributed by atoms with E-state index < -0.39 is 0 Å². The van der Waals surface area contributed by atoms with Crippen LogP contribution in [0, 0.1) is 6.92 Å². The van der Waals surface area contributed by atoms with Crippen LogP contribution >= 0.6 is 0 Å². The molecular weight excluding hydrogens is 238 g/mol. The third-order valence-corrected chi connectivity index (χ3v) is 3.62. The number of aromatic nitrogens is 2. The van der Waals surface area contributed by atoms with Crippen LogP contribution in [0.1, 0.15) is 38.0 Å². The molecule has 1 aliphatic carbocycles. The summed E-state index contributed by atoms with van der Waals surface area (Å²) in [6, 6.07) is 8.85. The Morgan fingerprint density at radius 1 is 1.21 bits per heavy atom. The predicted molar refractivity (Wildman–Crippen MR) is 75.0 cm³/mol. The van der Waals surface area contributed by atoms with Crippen molar-refractivity contribution in [2.75, 3.05) is 5.32 Å². The first-order chi connectivity index (χ1) is 9.31. The van der Waals surface area contributed by atoms with Crippen LogP contribution in [-0.2, 0) is 0 Å². The van der Waals surface area contributed by atoms with Gasteiger partial charge < -0.3 is 9.84 Å². The lowest BCUT2D eigenvalue weighted by molar-refractivity contribution is 0.394. The maximum absolute atomic E-state index is 5.03. The molecule has 1 N–H and O–H groups in total. The van der Waals surface area contributed by atoms with E-state index in [4.69, 9.17) is 4.52 Å². The molecule has 4 nitrogen and oxygen atoms in total. The lowest BCUT2D eigenvalue weighted by Gasteiger charge is -2.23. The van der Waals surface area contributed by atoms with E-state index in [1.165, 1.54) is 32.1 Å². The first kappa shape index (κ1) is 12.2. The number of aryl methyl sites for hydroxylation is 1. The summed E-state index contributed by atoms with van der Waals surface area (Å²) in [6.45, 7) is 1.81. The highest BCUT2D eigenvalue weighted by Crippen LogP contribution is 2.24. The molecule has 0 atom stereocenters. The van der Waals surface area contributed by atoms with Crippen molar-refractivity contribution in [3.63, 3.8) is 0 Å². The predicted octanol–water partition coefficient (Wildman–Crippen LogP) is 3.79. The van der Waals surface area contributed by atoms with Crippen LogP contribution in [0.15, 0.2) is 28.8 Å². The van der Waals surface area contributed by atoms with E-state index in [2.05, 4.69) is 27.6 Å². The lowest BCUT2D eigenvalue weighted by Crippen LogP contribution is -2.22. The van der Waals surface area contributed by atoms with Gasteiger partial charge in [-0.1, -0.05) is 36.6 Å². The van der Waals surface area contributed by atoms with Crippen molar-refractivity contribution in [2.45, 2.75) is 45.1 Å². The first-order valence-electron chi connectivity index (χ1n) is 6.98. The zero-order chi connectivity index (χ0) is 13.1. The molecule has 1 heterocycles. The maximum atomic E-state index is 5.03. The van der Waals surface area contributed by atoms with Gasteiger partial charge in [0.05, 0.1) is 0 Å². The number of nitrogens with zero attached hydrogens (tertiary/aromatic N) is 2. The van der Waals surface area contributed by atoms with Crippen LogP contribution < -0.4 is 5.32 Å². The third kappa shape index (κ3) is 2.95. The molecule has 0 amide bonds. The van der Waals surface area contributed by atoms with E-state index in [0.717, 1.165) is 11.3 Å². The van der Waals surface area contributed by atoms with Crippen LogP contribution in [0.2, 0.25) is 0 Å². The molecular formula is C15H19N3O. The lowest BCUT2D eigenvalue weighted by atomic mass is 9.95. The number of benzene rings is 1. The van der Waals surface area contributed by atoms with E-state index in [1.54, 1.807) is 6.92 Å². The molecule has 1 aromatic carbocycles. The van der Waals surface area contributed by atoms with Crippen LogP contribution in [0.3, 0.4) is 0 Å². The molecule has 1 aromatic heterocycles. The van der Waals surface area contributed by atoms with Crippen molar-refractivity contribution in [1.82, 2.24) is 10.1 Å². The number of anilines is 1. The van der Waals surface area contributed by atoms with Gasteiger partial charge in [-0.3, -0.25) is 0 Å². The molecule has 1 aliphatic rings. The van der Waals surface area contributed by atoms with Gasteiger partial charge in [0.25, 0.3) is 0 Å². The Labute approximate surface area is 113 Å². The Bertz CT molecular complexity index is 544. The molecule has 0 radical (unpaired) electrons. The third-order valence-electron chi connectivity index (χ3n) is 3.62. The summed E-state index contributed by atoms with van der Waals surface area (Å²) in [7, 11) is 0. The van der Waals surface area contributed by atoms with E-state index >= 15 is 0 Å². The SMILES string of the molecule is Cc1nc(-c2cccc(NC3CCCCC3)c2)no1. The topological polar surface area (TPSA) is 51.0 Å².